The zero-order valence-electron chi connectivity index (χ0n) is 11.5. The summed E-state index contributed by atoms with van der Waals surface area (Å²) >= 11 is 5.98. The first-order chi connectivity index (χ1) is 10.3. The lowest BCUT2D eigenvalue weighted by Crippen LogP contribution is -2.46. The number of ether oxygens (including phenoxy) is 1. The van der Waals surface area contributed by atoms with E-state index < -0.39 is 0 Å². The molecule has 1 atom stereocenters. The van der Waals surface area contributed by atoms with Crippen LogP contribution in [0.5, 0.6) is 0 Å². The first-order valence-corrected chi connectivity index (χ1v) is 7.27. The zero-order valence-corrected chi connectivity index (χ0v) is 12.3. The van der Waals surface area contributed by atoms with Crippen LogP contribution < -0.4 is 0 Å². The van der Waals surface area contributed by atoms with Crippen LogP contribution in [-0.4, -0.2) is 47.4 Å². The fourth-order valence-corrected chi connectivity index (χ4v) is 2.59. The average molecular weight is 309 g/mol. The number of hydrogen-bond acceptors (Lipinski definition) is 5. The lowest BCUT2D eigenvalue weighted by atomic mass is 10.2. The monoisotopic (exact) mass is 308 g/mol. The number of aliphatic hydroxyl groups is 1. The third-order valence-electron chi connectivity index (χ3n) is 3.56. The van der Waals surface area contributed by atoms with Gasteiger partial charge in [0, 0.05) is 17.1 Å². The lowest BCUT2D eigenvalue weighted by Gasteiger charge is -2.33. The van der Waals surface area contributed by atoms with Crippen molar-refractivity contribution >= 4 is 11.6 Å². The molecule has 21 heavy (non-hydrogen) atoms. The highest BCUT2D eigenvalue weighted by Gasteiger charge is 2.23. The van der Waals surface area contributed by atoms with Crippen molar-refractivity contribution in [1.82, 2.24) is 9.88 Å². The highest BCUT2D eigenvalue weighted by molar-refractivity contribution is 6.30. The summed E-state index contributed by atoms with van der Waals surface area (Å²) < 4.78 is 11.1. The molecule has 0 amide bonds. The number of aliphatic hydroxyl groups excluding tert-OH is 1. The first kappa shape index (κ1) is 14.5. The molecule has 1 saturated heterocycles. The summed E-state index contributed by atoms with van der Waals surface area (Å²) in [6.45, 7) is 2.60. The summed E-state index contributed by atoms with van der Waals surface area (Å²) in [6, 6.07) is 7.48. The first-order valence-electron chi connectivity index (χ1n) is 6.89. The van der Waals surface area contributed by atoms with E-state index in [-0.39, 0.29) is 12.6 Å². The van der Waals surface area contributed by atoms with Gasteiger partial charge in [-0.1, -0.05) is 23.7 Å². The van der Waals surface area contributed by atoms with Gasteiger partial charge in [-0.25, -0.2) is 4.98 Å². The van der Waals surface area contributed by atoms with Crippen molar-refractivity contribution in [3.63, 3.8) is 0 Å². The van der Waals surface area contributed by atoms with Crippen molar-refractivity contribution in [3.05, 3.63) is 41.4 Å². The van der Waals surface area contributed by atoms with E-state index in [2.05, 4.69) is 9.88 Å². The third kappa shape index (κ3) is 3.44. The summed E-state index contributed by atoms with van der Waals surface area (Å²) in [5, 5.41) is 10.0. The molecule has 1 fully saturated rings. The molecule has 2 aromatic rings. The predicted molar refractivity (Wildman–Crippen MR) is 79.1 cm³/mol. The van der Waals surface area contributed by atoms with Crippen LogP contribution in [0, 0.1) is 0 Å². The summed E-state index contributed by atoms with van der Waals surface area (Å²) in [5.41, 5.74) is 0.905. The summed E-state index contributed by atoms with van der Waals surface area (Å²) in [5.74, 6) is 1.33. The van der Waals surface area contributed by atoms with Crippen molar-refractivity contribution in [2.75, 3.05) is 26.4 Å². The molecule has 2 heterocycles. The van der Waals surface area contributed by atoms with Gasteiger partial charge in [0.05, 0.1) is 38.6 Å². The number of rotatable bonds is 4. The minimum atomic E-state index is 0.000250. The number of nitrogens with zero attached hydrogens (tertiary/aromatic N) is 2. The number of aromatic nitrogens is 1. The zero-order chi connectivity index (χ0) is 14.7. The molecule has 1 unspecified atom stereocenters. The van der Waals surface area contributed by atoms with Crippen LogP contribution in [-0.2, 0) is 11.3 Å². The largest absolute Gasteiger partial charge is 0.439 e. The molecule has 1 aliphatic heterocycles. The molecule has 0 aliphatic carbocycles. The summed E-state index contributed by atoms with van der Waals surface area (Å²) in [7, 11) is 0. The molecule has 1 N–H and O–H groups in total. The van der Waals surface area contributed by atoms with E-state index in [0.717, 1.165) is 12.1 Å². The van der Waals surface area contributed by atoms with Gasteiger partial charge in [-0.15, -0.1) is 0 Å². The molecule has 0 spiro atoms. The van der Waals surface area contributed by atoms with Crippen molar-refractivity contribution in [1.29, 1.82) is 0 Å². The maximum absolute atomic E-state index is 9.37. The number of oxazole rings is 1. The van der Waals surface area contributed by atoms with Gasteiger partial charge in [0.1, 0.15) is 0 Å². The van der Waals surface area contributed by atoms with Crippen LogP contribution in [0.4, 0.5) is 0 Å². The molecule has 5 nitrogen and oxygen atoms in total. The Balaban J connectivity index is 1.73. The second kappa shape index (κ2) is 6.58. The molecule has 0 bridgehead atoms. The third-order valence-corrected chi connectivity index (χ3v) is 3.80. The average Bonchev–Trinajstić information content (AvgIpc) is 2.96. The Kier molecular flexibility index (Phi) is 4.55. The summed E-state index contributed by atoms with van der Waals surface area (Å²) in [4.78, 5) is 6.43. The van der Waals surface area contributed by atoms with Crippen LogP contribution in [0.2, 0.25) is 5.02 Å². The van der Waals surface area contributed by atoms with Crippen molar-refractivity contribution in [2.24, 2.45) is 0 Å². The van der Waals surface area contributed by atoms with E-state index in [4.69, 9.17) is 20.8 Å². The molecule has 112 valence electrons. The number of morpholine rings is 1. The fraction of sp³-hybridized carbons (Fsp3) is 0.400. The quantitative estimate of drug-likeness (QED) is 0.938. The topological polar surface area (TPSA) is 58.7 Å². The van der Waals surface area contributed by atoms with Gasteiger partial charge in [0.25, 0.3) is 0 Å². The van der Waals surface area contributed by atoms with Crippen molar-refractivity contribution in [3.8, 4) is 11.3 Å². The SMILES string of the molecule is OCC1COCCN1Cc1ncc(-c2cccc(Cl)c2)o1. The Morgan fingerprint density at radius 2 is 2.33 bits per heavy atom. The van der Waals surface area contributed by atoms with Gasteiger partial charge < -0.3 is 14.3 Å². The molecule has 1 aromatic carbocycles. The van der Waals surface area contributed by atoms with Crippen LogP contribution in [0.1, 0.15) is 5.89 Å². The van der Waals surface area contributed by atoms with Gasteiger partial charge in [0.2, 0.25) is 5.89 Å². The van der Waals surface area contributed by atoms with Crippen molar-refractivity contribution < 1.29 is 14.3 Å². The molecular formula is C15H17ClN2O3. The minimum absolute atomic E-state index is 0.000250. The van der Waals surface area contributed by atoms with Gasteiger partial charge in [-0.2, -0.15) is 0 Å². The van der Waals surface area contributed by atoms with Gasteiger partial charge >= 0.3 is 0 Å². The number of halogens is 1. The van der Waals surface area contributed by atoms with Crippen LogP contribution >= 0.6 is 11.6 Å². The van der Waals surface area contributed by atoms with Crippen LogP contribution in [0.25, 0.3) is 11.3 Å². The highest BCUT2D eigenvalue weighted by atomic mass is 35.5. The minimum Gasteiger partial charge on any atom is -0.439 e. The van der Waals surface area contributed by atoms with Gasteiger partial charge in [-0.05, 0) is 12.1 Å². The molecule has 6 heteroatoms. The predicted octanol–water partition coefficient (Wildman–Crippen LogP) is 2.19. The smallest absolute Gasteiger partial charge is 0.209 e. The Morgan fingerprint density at radius 3 is 3.14 bits per heavy atom. The Bertz CT molecular complexity index is 602. The van der Waals surface area contributed by atoms with E-state index >= 15 is 0 Å². The lowest BCUT2D eigenvalue weighted by molar-refractivity contribution is -0.0342. The molecule has 0 saturated carbocycles. The van der Waals surface area contributed by atoms with E-state index in [1.165, 1.54) is 0 Å². The highest BCUT2D eigenvalue weighted by Crippen LogP contribution is 2.24. The fourth-order valence-electron chi connectivity index (χ4n) is 2.40. The molecule has 1 aliphatic rings. The number of hydrogen-bond donors (Lipinski definition) is 1. The van der Waals surface area contributed by atoms with Gasteiger partial charge in [-0.3, -0.25) is 4.90 Å². The Morgan fingerprint density at radius 1 is 1.43 bits per heavy atom. The molecular weight excluding hydrogens is 292 g/mol. The maximum Gasteiger partial charge on any atom is 0.209 e. The number of benzene rings is 1. The van der Waals surface area contributed by atoms with E-state index in [9.17, 15) is 5.11 Å². The van der Waals surface area contributed by atoms with Crippen LogP contribution in [0.3, 0.4) is 0 Å². The maximum atomic E-state index is 9.37. The molecule has 3 rings (SSSR count). The van der Waals surface area contributed by atoms with Gasteiger partial charge in [0.15, 0.2) is 5.76 Å². The van der Waals surface area contributed by atoms with E-state index in [1.807, 2.05) is 24.3 Å². The Labute approximate surface area is 128 Å². The standard InChI is InChI=1S/C15H17ClN2O3/c16-12-3-1-2-11(6-12)14-7-17-15(21-14)8-18-4-5-20-10-13(18)9-19/h1-3,6-7,13,19H,4-5,8-10H2. The van der Waals surface area contributed by atoms with Crippen molar-refractivity contribution in [2.45, 2.75) is 12.6 Å². The normalized spacial score (nSPS) is 19.8. The second-order valence-electron chi connectivity index (χ2n) is 5.01. The van der Waals surface area contributed by atoms with E-state index in [0.29, 0.717) is 36.4 Å². The second-order valence-corrected chi connectivity index (χ2v) is 5.45. The molecule has 0 radical (unpaired) electrons. The van der Waals surface area contributed by atoms with E-state index in [1.54, 1.807) is 6.20 Å². The Hall–Kier alpha value is -1.40. The molecule has 1 aromatic heterocycles. The summed E-state index contributed by atoms with van der Waals surface area (Å²) in [6.07, 6.45) is 1.70. The van der Waals surface area contributed by atoms with Crippen LogP contribution in [0.15, 0.2) is 34.9 Å².